The summed E-state index contributed by atoms with van der Waals surface area (Å²) < 4.78 is 5.10. The molecule has 0 saturated heterocycles. The highest BCUT2D eigenvalue weighted by Gasteiger charge is 2.19. The van der Waals surface area contributed by atoms with Crippen molar-refractivity contribution in [1.82, 2.24) is 10.6 Å². The van der Waals surface area contributed by atoms with Gasteiger partial charge in [0.05, 0.1) is 18.8 Å². The van der Waals surface area contributed by atoms with Crippen LogP contribution in [0.4, 0.5) is 0 Å². The van der Waals surface area contributed by atoms with Crippen molar-refractivity contribution in [3.8, 4) is 0 Å². The molecule has 0 aliphatic heterocycles. The van der Waals surface area contributed by atoms with Crippen LogP contribution in [0.15, 0.2) is 22.8 Å². The first-order chi connectivity index (χ1) is 9.54. The summed E-state index contributed by atoms with van der Waals surface area (Å²) in [6.07, 6.45) is 4.08. The number of carbonyl (C=O) groups excluding carboxylic acids is 2. The van der Waals surface area contributed by atoms with Crippen LogP contribution >= 0.6 is 11.8 Å². The van der Waals surface area contributed by atoms with Gasteiger partial charge in [-0.05, 0) is 37.5 Å². The fourth-order valence-electron chi connectivity index (χ4n) is 1.50. The van der Waals surface area contributed by atoms with Gasteiger partial charge in [0.25, 0.3) is 0 Å². The fraction of sp³-hybridized carbons (Fsp3) is 0.538. The Bertz CT molecular complexity index is 423. The predicted molar refractivity (Wildman–Crippen MR) is 79.1 cm³/mol. The van der Waals surface area contributed by atoms with Crippen molar-refractivity contribution in [2.24, 2.45) is 5.73 Å². The van der Waals surface area contributed by atoms with Gasteiger partial charge in [0.1, 0.15) is 11.8 Å². The van der Waals surface area contributed by atoms with Crippen LogP contribution in [0.5, 0.6) is 0 Å². The molecule has 112 valence electrons. The Morgan fingerprint density at radius 1 is 1.45 bits per heavy atom. The Kier molecular flexibility index (Phi) is 7.17. The molecule has 2 unspecified atom stereocenters. The van der Waals surface area contributed by atoms with Gasteiger partial charge in [-0.1, -0.05) is 0 Å². The number of hydrogen-bond donors (Lipinski definition) is 3. The van der Waals surface area contributed by atoms with E-state index in [0.717, 1.165) is 5.75 Å². The van der Waals surface area contributed by atoms with E-state index in [1.165, 1.54) is 6.26 Å². The Morgan fingerprint density at radius 3 is 2.80 bits per heavy atom. The molecule has 0 radical (unpaired) electrons. The molecule has 0 saturated carbocycles. The second kappa shape index (κ2) is 8.65. The molecule has 0 aliphatic carbocycles. The first-order valence-corrected chi connectivity index (χ1v) is 7.79. The van der Waals surface area contributed by atoms with Crippen molar-refractivity contribution in [1.29, 1.82) is 0 Å². The first kappa shape index (κ1) is 16.6. The van der Waals surface area contributed by atoms with Gasteiger partial charge in [0, 0.05) is 0 Å². The third kappa shape index (κ3) is 5.66. The van der Waals surface area contributed by atoms with E-state index in [1.54, 1.807) is 30.8 Å². The molecular weight excluding hydrogens is 278 g/mol. The Morgan fingerprint density at radius 2 is 2.20 bits per heavy atom. The minimum Gasteiger partial charge on any atom is -0.467 e. The zero-order chi connectivity index (χ0) is 15.0. The van der Waals surface area contributed by atoms with Crippen molar-refractivity contribution in [2.75, 3.05) is 12.0 Å². The second-order valence-corrected chi connectivity index (χ2v) is 5.40. The number of amides is 2. The molecule has 0 aliphatic rings. The van der Waals surface area contributed by atoms with Gasteiger partial charge in [-0.15, -0.1) is 0 Å². The van der Waals surface area contributed by atoms with Gasteiger partial charge in [-0.3, -0.25) is 9.59 Å². The van der Waals surface area contributed by atoms with Gasteiger partial charge in [-0.25, -0.2) is 0 Å². The lowest BCUT2D eigenvalue weighted by molar-refractivity contribution is -0.129. The molecule has 0 bridgehead atoms. The lowest BCUT2D eigenvalue weighted by Crippen LogP contribution is -2.50. The van der Waals surface area contributed by atoms with Crippen molar-refractivity contribution in [3.63, 3.8) is 0 Å². The largest absolute Gasteiger partial charge is 0.467 e. The number of hydrogen-bond acceptors (Lipinski definition) is 5. The third-order valence-corrected chi connectivity index (χ3v) is 3.38. The molecule has 7 heteroatoms. The Labute approximate surface area is 122 Å². The summed E-state index contributed by atoms with van der Waals surface area (Å²) in [5, 5.41) is 5.28. The van der Waals surface area contributed by atoms with Crippen molar-refractivity contribution in [2.45, 2.75) is 32.0 Å². The second-order valence-electron chi connectivity index (χ2n) is 4.42. The lowest BCUT2D eigenvalue weighted by Gasteiger charge is -2.16. The predicted octanol–water partition coefficient (Wildman–Crippen LogP) is 0.481. The quantitative estimate of drug-likeness (QED) is 0.649. The fourth-order valence-corrected chi connectivity index (χ4v) is 1.99. The molecule has 0 aromatic carbocycles. The number of nitrogens with one attached hydrogen (secondary N) is 2. The van der Waals surface area contributed by atoms with Gasteiger partial charge in [0.15, 0.2) is 0 Å². The average Bonchev–Trinajstić information content (AvgIpc) is 2.95. The van der Waals surface area contributed by atoms with E-state index in [-0.39, 0.29) is 11.8 Å². The zero-order valence-corrected chi connectivity index (χ0v) is 12.5. The van der Waals surface area contributed by atoms with E-state index in [1.807, 2.05) is 6.26 Å². The molecule has 1 rings (SSSR count). The highest BCUT2D eigenvalue weighted by Crippen LogP contribution is 2.00. The SMILES string of the molecule is CSCCC(N)C(=O)NC(C)C(=O)NCc1ccco1. The molecule has 4 N–H and O–H groups in total. The van der Waals surface area contributed by atoms with Crippen molar-refractivity contribution < 1.29 is 14.0 Å². The van der Waals surface area contributed by atoms with Crippen LogP contribution in [0.1, 0.15) is 19.1 Å². The molecule has 2 atom stereocenters. The summed E-state index contributed by atoms with van der Waals surface area (Å²) in [5.41, 5.74) is 5.73. The zero-order valence-electron chi connectivity index (χ0n) is 11.7. The van der Waals surface area contributed by atoms with E-state index in [2.05, 4.69) is 10.6 Å². The first-order valence-electron chi connectivity index (χ1n) is 6.39. The van der Waals surface area contributed by atoms with Crippen LogP contribution in [-0.2, 0) is 16.1 Å². The Balaban J connectivity index is 2.31. The van der Waals surface area contributed by atoms with Crippen LogP contribution < -0.4 is 16.4 Å². The number of carbonyl (C=O) groups is 2. The molecule has 1 aromatic heterocycles. The number of furan rings is 1. The van der Waals surface area contributed by atoms with E-state index in [0.29, 0.717) is 18.7 Å². The van der Waals surface area contributed by atoms with Gasteiger partial charge in [0.2, 0.25) is 11.8 Å². The number of nitrogens with two attached hydrogens (primary N) is 1. The minimum atomic E-state index is -0.627. The van der Waals surface area contributed by atoms with Crippen molar-refractivity contribution >= 4 is 23.6 Å². The molecule has 0 spiro atoms. The summed E-state index contributed by atoms with van der Waals surface area (Å²) >= 11 is 1.63. The molecule has 1 heterocycles. The highest BCUT2D eigenvalue weighted by atomic mass is 32.2. The highest BCUT2D eigenvalue weighted by molar-refractivity contribution is 7.98. The van der Waals surface area contributed by atoms with Crippen LogP contribution in [-0.4, -0.2) is 35.9 Å². The van der Waals surface area contributed by atoms with Gasteiger partial charge in [-0.2, -0.15) is 11.8 Å². The molecule has 20 heavy (non-hydrogen) atoms. The third-order valence-electron chi connectivity index (χ3n) is 2.74. The molecule has 0 fully saturated rings. The molecular formula is C13H21N3O3S. The molecule has 2 amide bonds. The number of rotatable bonds is 8. The Hall–Kier alpha value is -1.47. The number of thioether (sulfide) groups is 1. The van der Waals surface area contributed by atoms with Crippen LogP contribution in [0.25, 0.3) is 0 Å². The van der Waals surface area contributed by atoms with Gasteiger partial charge < -0.3 is 20.8 Å². The summed E-state index contributed by atoms with van der Waals surface area (Å²) in [7, 11) is 0. The smallest absolute Gasteiger partial charge is 0.242 e. The van der Waals surface area contributed by atoms with Crippen molar-refractivity contribution in [3.05, 3.63) is 24.2 Å². The van der Waals surface area contributed by atoms with Crippen LogP contribution in [0, 0.1) is 0 Å². The minimum absolute atomic E-state index is 0.271. The van der Waals surface area contributed by atoms with E-state index >= 15 is 0 Å². The van der Waals surface area contributed by atoms with Crippen LogP contribution in [0.3, 0.4) is 0 Å². The normalized spacial score (nSPS) is 13.6. The summed E-state index contributed by atoms with van der Waals surface area (Å²) in [6, 6.07) is 2.31. The summed E-state index contributed by atoms with van der Waals surface area (Å²) in [6.45, 7) is 1.92. The topological polar surface area (TPSA) is 97.4 Å². The summed E-state index contributed by atoms with van der Waals surface area (Å²) in [4.78, 5) is 23.6. The van der Waals surface area contributed by atoms with Crippen LogP contribution in [0.2, 0.25) is 0 Å². The van der Waals surface area contributed by atoms with E-state index < -0.39 is 12.1 Å². The maximum Gasteiger partial charge on any atom is 0.242 e. The molecule has 6 nitrogen and oxygen atoms in total. The average molecular weight is 299 g/mol. The lowest BCUT2D eigenvalue weighted by atomic mass is 10.2. The van der Waals surface area contributed by atoms with E-state index in [9.17, 15) is 9.59 Å². The standard InChI is InChI=1S/C13H21N3O3S/c1-9(16-13(18)11(14)5-7-20-2)12(17)15-8-10-4-3-6-19-10/h3-4,6,9,11H,5,7-8,14H2,1-2H3,(H,15,17)(H,16,18). The van der Waals surface area contributed by atoms with E-state index in [4.69, 9.17) is 10.2 Å². The maximum atomic E-state index is 11.8. The van der Waals surface area contributed by atoms with Gasteiger partial charge >= 0.3 is 0 Å². The molecule has 1 aromatic rings. The maximum absolute atomic E-state index is 11.8. The summed E-state index contributed by atoms with van der Waals surface area (Å²) in [5.74, 6) is 0.897. The monoisotopic (exact) mass is 299 g/mol.